The first-order valence-corrected chi connectivity index (χ1v) is 20.3. The highest BCUT2D eigenvalue weighted by atomic mass is 31.2. The molecule has 0 aromatic heterocycles. The van der Waals surface area contributed by atoms with Gasteiger partial charge in [0.05, 0.1) is 25.5 Å². The highest BCUT2D eigenvalue weighted by Gasteiger charge is 2.36. The molecular formula is C35H56O10P2. The summed E-state index contributed by atoms with van der Waals surface area (Å²) in [7, 11) is -4.85. The summed E-state index contributed by atoms with van der Waals surface area (Å²) in [6, 6.07) is 3.75. The summed E-state index contributed by atoms with van der Waals surface area (Å²) in [6.07, 6.45) is 8.11. The number of carbonyl (C=O) groups is 2. The lowest BCUT2D eigenvalue weighted by Crippen LogP contribution is -2.19. The Kier molecular flexibility index (Phi) is 17.5. The molecule has 1 aliphatic carbocycles. The summed E-state index contributed by atoms with van der Waals surface area (Å²) in [6.45, 7) is 14.4. The van der Waals surface area contributed by atoms with Crippen molar-refractivity contribution in [1.29, 1.82) is 0 Å². The molecule has 0 amide bonds. The van der Waals surface area contributed by atoms with Crippen LogP contribution in [0.15, 0.2) is 35.9 Å². The minimum atomic E-state index is -3.76. The van der Waals surface area contributed by atoms with E-state index in [1.54, 1.807) is 13.8 Å². The van der Waals surface area contributed by atoms with E-state index >= 15 is 0 Å². The quantitative estimate of drug-likeness (QED) is 0.0500. The van der Waals surface area contributed by atoms with Gasteiger partial charge < -0.3 is 27.6 Å². The van der Waals surface area contributed by atoms with Gasteiger partial charge in [-0.2, -0.15) is 0 Å². The van der Waals surface area contributed by atoms with E-state index in [1.807, 2.05) is 19.1 Å². The molecule has 2 rings (SSSR count). The molecule has 0 aliphatic heterocycles. The molecule has 1 aromatic carbocycles. The molecule has 266 valence electrons. The first-order valence-electron chi connectivity index (χ1n) is 16.8. The molecule has 0 N–H and O–H groups in total. The summed E-state index contributed by atoms with van der Waals surface area (Å²) in [5.74, 6) is -0.417. The van der Waals surface area contributed by atoms with E-state index in [0.717, 1.165) is 43.2 Å². The van der Waals surface area contributed by atoms with Crippen molar-refractivity contribution < 1.29 is 46.3 Å². The number of hydrogen-bond acceptors (Lipinski definition) is 10. The molecule has 0 fully saturated rings. The maximum absolute atomic E-state index is 14.1. The molecule has 12 heteroatoms. The smallest absolute Gasteiger partial charge is 0.378 e. The number of ether oxygens (including phenoxy) is 2. The van der Waals surface area contributed by atoms with Crippen LogP contribution in [-0.4, -0.2) is 51.7 Å². The zero-order chi connectivity index (χ0) is 35.0. The second kappa shape index (κ2) is 20.2. The zero-order valence-corrected chi connectivity index (χ0v) is 31.3. The minimum Gasteiger partial charge on any atom is -0.466 e. The van der Waals surface area contributed by atoms with Crippen molar-refractivity contribution in [3.63, 3.8) is 0 Å². The third-order valence-electron chi connectivity index (χ3n) is 8.21. The standard InChI is InChI=1S/C35H56O10P2/c1-9-12-13-16-28-24-31(44-46(38,40-7)21-14-17-33(36)42-10-2)35(30-23-27(6)19-20-29(30)26(4)5)32(25-28)45-47(39,41-8)22-15-18-34(37)43-11-3/h23-25,29-30H,4,9-22H2,1-3,5-8H3. The third-order valence-corrected chi connectivity index (χ3v) is 12.0. The van der Waals surface area contributed by atoms with Gasteiger partial charge in [0.2, 0.25) is 0 Å². The fourth-order valence-corrected chi connectivity index (χ4v) is 8.40. The van der Waals surface area contributed by atoms with Crippen molar-refractivity contribution >= 4 is 27.1 Å². The highest BCUT2D eigenvalue weighted by molar-refractivity contribution is 7.54. The lowest BCUT2D eigenvalue weighted by atomic mass is 9.73. The molecule has 0 radical (unpaired) electrons. The Bertz CT molecular complexity index is 1250. The van der Waals surface area contributed by atoms with Gasteiger partial charge in [-0.3, -0.25) is 9.59 Å². The molecule has 0 saturated carbocycles. The zero-order valence-electron chi connectivity index (χ0n) is 29.5. The normalized spacial score (nSPS) is 18.7. The number of esters is 2. The Hall–Kier alpha value is -2.38. The van der Waals surface area contributed by atoms with Gasteiger partial charge in [-0.25, -0.2) is 9.13 Å². The molecular weight excluding hydrogens is 642 g/mol. The first kappa shape index (κ1) is 40.8. The van der Waals surface area contributed by atoms with Crippen LogP contribution in [0.25, 0.3) is 0 Å². The maximum atomic E-state index is 14.1. The van der Waals surface area contributed by atoms with Crippen molar-refractivity contribution in [2.75, 3.05) is 39.8 Å². The fourth-order valence-electron chi connectivity index (χ4n) is 5.71. The number of benzene rings is 1. The predicted octanol–water partition coefficient (Wildman–Crippen LogP) is 9.56. The molecule has 0 bridgehead atoms. The molecule has 4 atom stereocenters. The van der Waals surface area contributed by atoms with Crippen LogP contribution in [0.4, 0.5) is 0 Å². The van der Waals surface area contributed by atoms with Crippen LogP contribution in [0.5, 0.6) is 11.5 Å². The molecule has 10 nitrogen and oxygen atoms in total. The Balaban J connectivity index is 2.70. The Morgan fingerprint density at radius 3 is 1.79 bits per heavy atom. The van der Waals surface area contributed by atoms with Gasteiger partial charge in [-0.15, -0.1) is 0 Å². The van der Waals surface area contributed by atoms with E-state index in [9.17, 15) is 18.7 Å². The van der Waals surface area contributed by atoms with Crippen molar-refractivity contribution in [3.8, 4) is 11.5 Å². The van der Waals surface area contributed by atoms with Crippen LogP contribution in [0.2, 0.25) is 0 Å². The minimum absolute atomic E-state index is 0.00540. The highest BCUT2D eigenvalue weighted by Crippen LogP contribution is 2.57. The first-order chi connectivity index (χ1) is 22.3. The lowest BCUT2D eigenvalue weighted by Gasteiger charge is -2.34. The number of rotatable bonds is 22. The van der Waals surface area contributed by atoms with E-state index in [-0.39, 0.29) is 75.0 Å². The van der Waals surface area contributed by atoms with Gasteiger partial charge in [0.25, 0.3) is 0 Å². The van der Waals surface area contributed by atoms with E-state index in [4.69, 9.17) is 27.6 Å². The molecule has 0 spiro atoms. The summed E-state index contributed by atoms with van der Waals surface area (Å²) < 4.78 is 62.0. The van der Waals surface area contributed by atoms with Gasteiger partial charge in [-0.05, 0) is 89.8 Å². The summed E-state index contributed by atoms with van der Waals surface area (Å²) >= 11 is 0. The monoisotopic (exact) mass is 698 g/mol. The van der Waals surface area contributed by atoms with Crippen LogP contribution in [-0.2, 0) is 43.7 Å². The van der Waals surface area contributed by atoms with Crippen molar-refractivity contribution in [2.45, 2.75) is 105 Å². The second-order valence-electron chi connectivity index (χ2n) is 12.0. The number of allylic oxidation sites excluding steroid dienone is 3. The lowest BCUT2D eigenvalue weighted by molar-refractivity contribution is -0.144. The average Bonchev–Trinajstić information content (AvgIpc) is 3.01. The van der Waals surface area contributed by atoms with E-state index < -0.39 is 15.2 Å². The molecule has 0 heterocycles. The van der Waals surface area contributed by atoms with Crippen LogP contribution >= 0.6 is 15.2 Å². The summed E-state index contributed by atoms with van der Waals surface area (Å²) in [5, 5.41) is 0. The van der Waals surface area contributed by atoms with E-state index in [2.05, 4.69) is 26.5 Å². The maximum Gasteiger partial charge on any atom is 0.378 e. The Labute approximate surface area is 282 Å². The van der Waals surface area contributed by atoms with Crippen LogP contribution in [0.3, 0.4) is 0 Å². The Morgan fingerprint density at radius 1 is 0.851 bits per heavy atom. The van der Waals surface area contributed by atoms with Gasteiger partial charge in [0, 0.05) is 38.5 Å². The molecule has 1 aliphatic rings. The van der Waals surface area contributed by atoms with Crippen molar-refractivity contribution in [3.05, 3.63) is 47.1 Å². The average molecular weight is 699 g/mol. The summed E-state index contributed by atoms with van der Waals surface area (Å²) in [4.78, 5) is 24.0. The van der Waals surface area contributed by atoms with Crippen molar-refractivity contribution in [1.82, 2.24) is 0 Å². The third kappa shape index (κ3) is 13.2. The largest absolute Gasteiger partial charge is 0.466 e. The van der Waals surface area contributed by atoms with E-state index in [0.29, 0.717) is 23.5 Å². The van der Waals surface area contributed by atoms with Gasteiger partial charge in [-0.1, -0.05) is 43.6 Å². The fraction of sp³-hybridized carbons (Fsp3) is 0.657. The number of aryl methyl sites for hydroxylation is 1. The molecule has 0 saturated heterocycles. The predicted molar refractivity (Wildman–Crippen MR) is 186 cm³/mol. The molecule has 4 unspecified atom stereocenters. The molecule has 47 heavy (non-hydrogen) atoms. The second-order valence-corrected chi connectivity index (χ2v) is 16.5. The SMILES string of the molecule is C=C(C)C1CCC(C)=CC1c1c(OP(=O)(CCCC(=O)OCC)OC)cc(CCCCC)cc1OP(=O)(CCCC(=O)OCC)OC. The van der Waals surface area contributed by atoms with Gasteiger partial charge >= 0.3 is 27.1 Å². The summed E-state index contributed by atoms with van der Waals surface area (Å²) in [5.41, 5.74) is 3.59. The van der Waals surface area contributed by atoms with E-state index in [1.165, 1.54) is 19.8 Å². The number of hydrogen-bond donors (Lipinski definition) is 0. The van der Waals surface area contributed by atoms with Gasteiger partial charge in [0.15, 0.2) is 0 Å². The molecule has 1 aromatic rings. The van der Waals surface area contributed by atoms with Crippen LogP contribution in [0.1, 0.15) is 109 Å². The van der Waals surface area contributed by atoms with Crippen LogP contribution in [0, 0.1) is 5.92 Å². The number of unbranched alkanes of at least 4 members (excludes halogenated alkanes) is 2. The van der Waals surface area contributed by atoms with Crippen LogP contribution < -0.4 is 9.05 Å². The Morgan fingerprint density at radius 2 is 1.36 bits per heavy atom. The topological polar surface area (TPSA) is 124 Å². The number of carbonyl (C=O) groups excluding carboxylic acids is 2. The van der Waals surface area contributed by atoms with Crippen molar-refractivity contribution in [2.24, 2.45) is 5.92 Å². The van der Waals surface area contributed by atoms with Gasteiger partial charge in [0.1, 0.15) is 11.5 Å².